The second-order valence-electron chi connectivity index (χ2n) is 8.34. The molecule has 1 spiro atoms. The Labute approximate surface area is 159 Å². The molecule has 0 radical (unpaired) electrons. The highest BCUT2D eigenvalue weighted by Gasteiger charge is 2.65. The molecule has 3 heterocycles. The Morgan fingerprint density at radius 3 is 2.85 bits per heavy atom. The Hall–Kier alpha value is -2.20. The first-order chi connectivity index (χ1) is 13.1. The van der Waals surface area contributed by atoms with Gasteiger partial charge in [0.05, 0.1) is 0 Å². The fourth-order valence-corrected chi connectivity index (χ4v) is 5.74. The van der Waals surface area contributed by atoms with E-state index in [1.807, 2.05) is 18.2 Å². The maximum absolute atomic E-state index is 13.8. The number of nitrogens with zero attached hydrogens (tertiary/aromatic N) is 2. The Bertz CT molecular complexity index is 897. The number of carbonyl (C=O) groups is 1. The van der Waals surface area contributed by atoms with Crippen molar-refractivity contribution in [2.24, 2.45) is 5.92 Å². The van der Waals surface area contributed by atoms with Crippen LogP contribution in [0.1, 0.15) is 42.0 Å². The van der Waals surface area contributed by atoms with Crippen LogP contribution in [0.5, 0.6) is 0 Å². The molecule has 5 rings (SSSR count). The molecule has 3 aliphatic heterocycles. The predicted molar refractivity (Wildman–Crippen MR) is 103 cm³/mol. The van der Waals surface area contributed by atoms with Gasteiger partial charge in [-0.25, -0.2) is 4.39 Å². The van der Waals surface area contributed by atoms with Crippen molar-refractivity contribution < 1.29 is 9.18 Å². The second-order valence-corrected chi connectivity index (χ2v) is 8.34. The molecule has 3 aliphatic rings. The molecule has 2 aromatic rings. The van der Waals surface area contributed by atoms with Gasteiger partial charge in [-0.15, -0.1) is 0 Å². The number of amides is 1. The topological polar surface area (TPSA) is 23.6 Å². The van der Waals surface area contributed by atoms with E-state index in [1.54, 1.807) is 12.1 Å². The van der Waals surface area contributed by atoms with Gasteiger partial charge < -0.3 is 4.90 Å². The summed E-state index contributed by atoms with van der Waals surface area (Å²) in [6, 6.07) is 15.4. The third-order valence-corrected chi connectivity index (χ3v) is 6.98. The van der Waals surface area contributed by atoms with E-state index in [0.717, 1.165) is 37.9 Å². The molecule has 140 valence electrons. The van der Waals surface area contributed by atoms with Crippen molar-refractivity contribution in [1.82, 2.24) is 9.80 Å². The lowest BCUT2D eigenvalue weighted by atomic mass is 9.85. The Morgan fingerprint density at radius 2 is 2.04 bits per heavy atom. The van der Waals surface area contributed by atoms with Crippen LogP contribution in [0.2, 0.25) is 0 Å². The van der Waals surface area contributed by atoms with Crippen LogP contribution < -0.4 is 0 Å². The summed E-state index contributed by atoms with van der Waals surface area (Å²) < 4.78 is 13.8. The molecule has 0 bridgehead atoms. The van der Waals surface area contributed by atoms with Gasteiger partial charge in [0.15, 0.2) is 0 Å². The lowest BCUT2D eigenvalue weighted by Crippen LogP contribution is -2.49. The molecule has 3 fully saturated rings. The van der Waals surface area contributed by atoms with Gasteiger partial charge in [0.2, 0.25) is 5.91 Å². The summed E-state index contributed by atoms with van der Waals surface area (Å²) in [5, 5.41) is 0. The van der Waals surface area contributed by atoms with E-state index in [-0.39, 0.29) is 23.3 Å². The molecular formula is C23H25FN2O. The van der Waals surface area contributed by atoms with Gasteiger partial charge in [0.1, 0.15) is 11.4 Å². The van der Waals surface area contributed by atoms with Gasteiger partial charge in [-0.3, -0.25) is 9.69 Å². The highest BCUT2D eigenvalue weighted by molar-refractivity contribution is 5.90. The average Bonchev–Trinajstić information content (AvgIpc) is 3.28. The van der Waals surface area contributed by atoms with E-state index in [4.69, 9.17) is 0 Å². The summed E-state index contributed by atoms with van der Waals surface area (Å²) in [6.45, 7) is 4.55. The van der Waals surface area contributed by atoms with E-state index in [9.17, 15) is 9.18 Å². The quantitative estimate of drug-likeness (QED) is 0.820. The number of hydrogen-bond donors (Lipinski definition) is 0. The fraction of sp³-hybridized carbons (Fsp3) is 0.435. The standard InChI is InChI=1S/C23H25FN2O/c1-16-6-2-3-7-18(16)14-25-15-19-13-21(17-8-4-9-20(24)12-17)26-11-5-10-23(19,26)22(25)27/h2-4,6-9,12,19,21H,5,10-11,13-15H2,1H3/t19-,21-,23-/m0/s1. The van der Waals surface area contributed by atoms with Crippen LogP contribution in [0.25, 0.3) is 0 Å². The van der Waals surface area contributed by atoms with Crippen LogP contribution in [0.15, 0.2) is 48.5 Å². The number of likely N-dealkylation sites (tertiary alicyclic amines) is 1. The average molecular weight is 364 g/mol. The summed E-state index contributed by atoms with van der Waals surface area (Å²) in [4.78, 5) is 18.0. The van der Waals surface area contributed by atoms with Gasteiger partial charge in [-0.05, 0) is 61.6 Å². The monoisotopic (exact) mass is 364 g/mol. The van der Waals surface area contributed by atoms with Crippen LogP contribution in [0.4, 0.5) is 4.39 Å². The molecule has 3 saturated heterocycles. The zero-order valence-electron chi connectivity index (χ0n) is 15.7. The van der Waals surface area contributed by atoms with E-state index < -0.39 is 0 Å². The molecule has 2 aromatic carbocycles. The van der Waals surface area contributed by atoms with Crippen molar-refractivity contribution in [3.8, 4) is 0 Å². The van der Waals surface area contributed by atoms with Crippen LogP contribution in [-0.4, -0.2) is 34.3 Å². The number of benzene rings is 2. The third kappa shape index (κ3) is 2.46. The highest BCUT2D eigenvalue weighted by atomic mass is 19.1. The van der Waals surface area contributed by atoms with Crippen LogP contribution in [0.3, 0.4) is 0 Å². The van der Waals surface area contributed by atoms with E-state index in [0.29, 0.717) is 12.5 Å². The molecule has 0 N–H and O–H groups in total. The zero-order valence-corrected chi connectivity index (χ0v) is 15.7. The number of carbonyl (C=O) groups excluding carboxylic acids is 1. The van der Waals surface area contributed by atoms with E-state index in [2.05, 4.69) is 28.9 Å². The molecule has 3 nitrogen and oxygen atoms in total. The van der Waals surface area contributed by atoms with Gasteiger partial charge in [0, 0.05) is 25.0 Å². The second kappa shape index (κ2) is 6.16. The van der Waals surface area contributed by atoms with Crippen LogP contribution in [0, 0.1) is 18.7 Å². The van der Waals surface area contributed by atoms with Crippen molar-refractivity contribution in [1.29, 1.82) is 0 Å². The van der Waals surface area contributed by atoms with Crippen LogP contribution >= 0.6 is 0 Å². The maximum atomic E-state index is 13.8. The zero-order chi connectivity index (χ0) is 18.6. The van der Waals surface area contributed by atoms with Gasteiger partial charge >= 0.3 is 0 Å². The minimum absolute atomic E-state index is 0.165. The van der Waals surface area contributed by atoms with Gasteiger partial charge in [-0.1, -0.05) is 36.4 Å². The first kappa shape index (κ1) is 16.9. The highest BCUT2D eigenvalue weighted by Crippen LogP contribution is 2.56. The van der Waals surface area contributed by atoms with E-state index in [1.165, 1.54) is 17.2 Å². The maximum Gasteiger partial charge on any atom is 0.243 e. The number of halogens is 1. The minimum Gasteiger partial charge on any atom is -0.336 e. The molecule has 1 amide bonds. The summed E-state index contributed by atoms with van der Waals surface area (Å²) in [5.74, 6) is 0.433. The number of rotatable bonds is 3. The minimum atomic E-state index is -0.361. The first-order valence-corrected chi connectivity index (χ1v) is 9.96. The normalized spacial score (nSPS) is 30.0. The van der Waals surface area contributed by atoms with E-state index >= 15 is 0 Å². The Balaban J connectivity index is 1.44. The summed E-state index contributed by atoms with van der Waals surface area (Å²) in [6.07, 6.45) is 2.93. The first-order valence-electron chi connectivity index (χ1n) is 9.96. The van der Waals surface area contributed by atoms with Crippen molar-refractivity contribution in [2.75, 3.05) is 13.1 Å². The van der Waals surface area contributed by atoms with Crippen LogP contribution in [-0.2, 0) is 11.3 Å². The molecule has 27 heavy (non-hydrogen) atoms. The smallest absolute Gasteiger partial charge is 0.243 e. The third-order valence-electron chi connectivity index (χ3n) is 6.98. The summed E-state index contributed by atoms with van der Waals surface area (Å²) in [7, 11) is 0. The molecule has 0 aromatic heterocycles. The summed E-state index contributed by atoms with van der Waals surface area (Å²) >= 11 is 0. The number of hydrogen-bond acceptors (Lipinski definition) is 2. The SMILES string of the molecule is Cc1ccccc1CN1C[C@@H]2C[C@@H](c3cccc(F)c3)N3CCC[C@@]23C1=O. The molecular weight excluding hydrogens is 339 g/mol. The fourth-order valence-electron chi connectivity index (χ4n) is 5.74. The number of aryl methyl sites for hydroxylation is 1. The molecule has 0 unspecified atom stereocenters. The van der Waals surface area contributed by atoms with Crippen molar-refractivity contribution in [3.05, 3.63) is 71.0 Å². The van der Waals surface area contributed by atoms with Gasteiger partial charge in [0.25, 0.3) is 0 Å². The predicted octanol–water partition coefficient (Wildman–Crippen LogP) is 4.07. The van der Waals surface area contributed by atoms with Gasteiger partial charge in [-0.2, -0.15) is 0 Å². The molecule has 0 saturated carbocycles. The molecule has 3 atom stereocenters. The van der Waals surface area contributed by atoms with Crippen molar-refractivity contribution in [3.63, 3.8) is 0 Å². The largest absolute Gasteiger partial charge is 0.336 e. The van der Waals surface area contributed by atoms with Crippen molar-refractivity contribution >= 4 is 5.91 Å². The molecule has 4 heteroatoms. The lowest BCUT2D eigenvalue weighted by Gasteiger charge is -2.33. The van der Waals surface area contributed by atoms with Crippen molar-refractivity contribution in [2.45, 2.75) is 44.3 Å². The Morgan fingerprint density at radius 1 is 1.19 bits per heavy atom. The summed E-state index contributed by atoms with van der Waals surface area (Å²) in [5.41, 5.74) is 3.12. The Kier molecular flexibility index (Phi) is 3.87. The lowest BCUT2D eigenvalue weighted by molar-refractivity contribution is -0.137. The molecule has 0 aliphatic carbocycles.